The Hall–Kier alpha value is -0.330. The van der Waals surface area contributed by atoms with E-state index in [1.807, 2.05) is 20.8 Å². The van der Waals surface area contributed by atoms with Crippen molar-refractivity contribution in [3.63, 3.8) is 0 Å². The van der Waals surface area contributed by atoms with Gasteiger partial charge in [-0.1, -0.05) is 59.8 Å². The molecule has 1 fully saturated rings. The second-order valence-electron chi connectivity index (χ2n) is 6.26. The summed E-state index contributed by atoms with van der Waals surface area (Å²) in [5.74, 6) is 1.52. The van der Waals surface area contributed by atoms with E-state index < -0.39 is 0 Å². The van der Waals surface area contributed by atoms with Crippen LogP contribution in [0.15, 0.2) is 0 Å². The number of carbonyl (C=O) groups is 1. The Kier molecular flexibility index (Phi) is 4.36. The van der Waals surface area contributed by atoms with E-state index in [0.29, 0.717) is 5.78 Å². The quantitative estimate of drug-likeness (QED) is 0.682. The Morgan fingerprint density at radius 1 is 1.20 bits per heavy atom. The van der Waals surface area contributed by atoms with Crippen molar-refractivity contribution in [2.75, 3.05) is 0 Å². The zero-order valence-corrected chi connectivity index (χ0v) is 10.8. The normalized spacial score (nSPS) is 21.3. The van der Waals surface area contributed by atoms with Crippen molar-refractivity contribution in [2.45, 2.75) is 66.2 Å². The summed E-state index contributed by atoms with van der Waals surface area (Å²) in [7, 11) is 0. The molecule has 0 heterocycles. The van der Waals surface area contributed by atoms with Crippen LogP contribution in [0.5, 0.6) is 0 Å². The molecule has 0 aliphatic heterocycles. The fraction of sp³-hybridized carbons (Fsp3) is 0.929. The molecule has 0 radical (unpaired) electrons. The largest absolute Gasteiger partial charge is 0.299 e. The van der Waals surface area contributed by atoms with Crippen molar-refractivity contribution in [2.24, 2.45) is 17.3 Å². The lowest BCUT2D eigenvalue weighted by Crippen LogP contribution is -2.28. The molecule has 1 heteroatoms. The van der Waals surface area contributed by atoms with Crippen LogP contribution in [0.2, 0.25) is 0 Å². The maximum absolute atomic E-state index is 12.0. The van der Waals surface area contributed by atoms with Crippen LogP contribution in [0.3, 0.4) is 0 Å². The Labute approximate surface area is 94.6 Å². The zero-order chi connectivity index (χ0) is 11.5. The Balaban J connectivity index is 2.40. The fourth-order valence-electron chi connectivity index (χ4n) is 2.77. The minimum absolute atomic E-state index is 0.159. The van der Waals surface area contributed by atoms with Gasteiger partial charge in [0.25, 0.3) is 0 Å². The van der Waals surface area contributed by atoms with Crippen LogP contribution in [0.25, 0.3) is 0 Å². The van der Waals surface area contributed by atoms with Crippen molar-refractivity contribution in [1.29, 1.82) is 0 Å². The van der Waals surface area contributed by atoms with E-state index in [4.69, 9.17) is 0 Å². The highest BCUT2D eigenvalue weighted by Crippen LogP contribution is 2.31. The van der Waals surface area contributed by atoms with Gasteiger partial charge in [0.2, 0.25) is 0 Å². The van der Waals surface area contributed by atoms with Crippen molar-refractivity contribution in [3.8, 4) is 0 Å². The SMILES string of the molecule is CC(CC1CCCCC1)C(=O)C(C)(C)C. The molecular weight excluding hydrogens is 184 g/mol. The Bertz CT molecular complexity index is 206. The van der Waals surface area contributed by atoms with E-state index in [2.05, 4.69) is 6.92 Å². The van der Waals surface area contributed by atoms with Crippen LogP contribution in [0.4, 0.5) is 0 Å². The number of ketones is 1. The van der Waals surface area contributed by atoms with Gasteiger partial charge >= 0.3 is 0 Å². The molecule has 0 bridgehead atoms. The minimum Gasteiger partial charge on any atom is -0.299 e. The smallest absolute Gasteiger partial charge is 0.141 e. The van der Waals surface area contributed by atoms with Gasteiger partial charge in [0, 0.05) is 11.3 Å². The lowest BCUT2D eigenvalue weighted by molar-refractivity contribution is -0.130. The maximum Gasteiger partial charge on any atom is 0.141 e. The van der Waals surface area contributed by atoms with Crippen molar-refractivity contribution in [3.05, 3.63) is 0 Å². The molecular formula is C14H26O. The second kappa shape index (κ2) is 5.14. The lowest BCUT2D eigenvalue weighted by Gasteiger charge is -2.27. The monoisotopic (exact) mass is 210 g/mol. The summed E-state index contributed by atoms with van der Waals surface area (Å²) in [6.45, 7) is 8.22. The molecule has 0 aromatic carbocycles. The molecule has 1 rings (SSSR count). The van der Waals surface area contributed by atoms with Crippen LogP contribution in [0, 0.1) is 17.3 Å². The summed E-state index contributed by atoms with van der Waals surface area (Å²) < 4.78 is 0. The summed E-state index contributed by atoms with van der Waals surface area (Å²) >= 11 is 0. The van der Waals surface area contributed by atoms with Gasteiger partial charge in [-0.25, -0.2) is 0 Å². The van der Waals surface area contributed by atoms with Gasteiger partial charge in [0.15, 0.2) is 0 Å². The maximum atomic E-state index is 12.0. The molecule has 0 amide bonds. The molecule has 1 aliphatic rings. The average Bonchev–Trinajstić information content (AvgIpc) is 2.16. The topological polar surface area (TPSA) is 17.1 Å². The molecule has 1 atom stereocenters. The first kappa shape index (κ1) is 12.7. The molecule has 1 saturated carbocycles. The fourth-order valence-corrected chi connectivity index (χ4v) is 2.77. The van der Waals surface area contributed by atoms with Gasteiger partial charge in [-0.15, -0.1) is 0 Å². The van der Waals surface area contributed by atoms with Gasteiger partial charge in [-0.05, 0) is 12.3 Å². The molecule has 1 nitrogen and oxygen atoms in total. The van der Waals surface area contributed by atoms with Crippen LogP contribution in [0.1, 0.15) is 66.2 Å². The number of hydrogen-bond donors (Lipinski definition) is 0. The molecule has 1 unspecified atom stereocenters. The Morgan fingerprint density at radius 2 is 1.73 bits per heavy atom. The van der Waals surface area contributed by atoms with Crippen molar-refractivity contribution >= 4 is 5.78 Å². The number of carbonyl (C=O) groups excluding carboxylic acids is 1. The predicted molar refractivity (Wildman–Crippen MR) is 64.8 cm³/mol. The van der Waals surface area contributed by atoms with E-state index in [1.54, 1.807) is 0 Å². The van der Waals surface area contributed by atoms with Crippen LogP contribution in [-0.4, -0.2) is 5.78 Å². The van der Waals surface area contributed by atoms with Gasteiger partial charge in [-0.2, -0.15) is 0 Å². The van der Waals surface area contributed by atoms with Gasteiger partial charge < -0.3 is 0 Å². The van der Waals surface area contributed by atoms with Gasteiger partial charge in [-0.3, -0.25) is 4.79 Å². The van der Waals surface area contributed by atoms with Crippen LogP contribution >= 0.6 is 0 Å². The lowest BCUT2D eigenvalue weighted by atomic mass is 9.77. The summed E-state index contributed by atoms with van der Waals surface area (Å²) in [5.41, 5.74) is -0.159. The molecule has 0 aromatic rings. The first-order chi connectivity index (χ1) is 6.91. The van der Waals surface area contributed by atoms with E-state index in [-0.39, 0.29) is 11.3 Å². The van der Waals surface area contributed by atoms with E-state index >= 15 is 0 Å². The second-order valence-corrected chi connectivity index (χ2v) is 6.26. The standard InChI is InChI=1S/C14H26O/c1-11(13(15)14(2,3)4)10-12-8-6-5-7-9-12/h11-12H,5-10H2,1-4H3. The predicted octanol–water partition coefficient (Wildman–Crippen LogP) is 4.21. The van der Waals surface area contributed by atoms with Gasteiger partial charge in [0.1, 0.15) is 5.78 Å². The zero-order valence-electron chi connectivity index (χ0n) is 10.8. The molecule has 88 valence electrons. The van der Waals surface area contributed by atoms with E-state index in [9.17, 15) is 4.79 Å². The average molecular weight is 210 g/mol. The molecule has 0 aromatic heterocycles. The van der Waals surface area contributed by atoms with Crippen molar-refractivity contribution in [1.82, 2.24) is 0 Å². The highest BCUT2D eigenvalue weighted by Gasteiger charge is 2.28. The summed E-state index contributed by atoms with van der Waals surface area (Å²) in [6, 6.07) is 0. The molecule has 0 N–H and O–H groups in total. The Morgan fingerprint density at radius 3 is 2.20 bits per heavy atom. The third-order valence-electron chi connectivity index (χ3n) is 3.60. The van der Waals surface area contributed by atoms with Crippen LogP contribution in [-0.2, 0) is 4.79 Å². The van der Waals surface area contributed by atoms with Gasteiger partial charge in [0.05, 0.1) is 0 Å². The first-order valence-corrected chi connectivity index (χ1v) is 6.45. The highest BCUT2D eigenvalue weighted by atomic mass is 16.1. The molecule has 0 spiro atoms. The third kappa shape index (κ3) is 3.96. The molecule has 1 aliphatic carbocycles. The van der Waals surface area contributed by atoms with Crippen molar-refractivity contribution < 1.29 is 4.79 Å². The summed E-state index contributed by atoms with van der Waals surface area (Å²) in [6.07, 6.45) is 7.97. The van der Waals surface area contributed by atoms with E-state index in [1.165, 1.54) is 32.1 Å². The molecule has 0 saturated heterocycles. The number of Topliss-reactive ketones (excluding diaryl/α,β-unsaturated/α-hetero) is 1. The third-order valence-corrected chi connectivity index (χ3v) is 3.60. The highest BCUT2D eigenvalue weighted by molar-refractivity contribution is 5.85. The molecule has 15 heavy (non-hydrogen) atoms. The summed E-state index contributed by atoms with van der Waals surface area (Å²) in [4.78, 5) is 12.0. The number of rotatable bonds is 3. The van der Waals surface area contributed by atoms with Crippen LogP contribution < -0.4 is 0 Å². The number of hydrogen-bond acceptors (Lipinski definition) is 1. The van der Waals surface area contributed by atoms with E-state index in [0.717, 1.165) is 12.3 Å². The first-order valence-electron chi connectivity index (χ1n) is 6.45. The summed E-state index contributed by atoms with van der Waals surface area (Å²) in [5, 5.41) is 0. The minimum atomic E-state index is -0.159.